The van der Waals surface area contributed by atoms with E-state index >= 15 is 0 Å². The van der Waals surface area contributed by atoms with Crippen LogP contribution in [0, 0.1) is 0 Å². The Hall–Kier alpha value is -1.07. The van der Waals surface area contributed by atoms with Gasteiger partial charge in [-0.05, 0) is 23.7 Å². The summed E-state index contributed by atoms with van der Waals surface area (Å²) in [6.45, 7) is 4.42. The maximum Gasteiger partial charge on any atom is 0.218 e. The molecule has 0 radical (unpaired) electrons. The van der Waals surface area contributed by atoms with Gasteiger partial charge in [-0.2, -0.15) is 5.11 Å². The first-order valence-corrected chi connectivity index (χ1v) is 5.95. The summed E-state index contributed by atoms with van der Waals surface area (Å²) in [6.07, 6.45) is 2.74. The summed E-state index contributed by atoms with van der Waals surface area (Å²) >= 11 is 6.83. The highest BCUT2D eigenvalue weighted by Crippen LogP contribution is 2.20. The number of hydrogen-bond donors (Lipinski definition) is 0. The minimum Gasteiger partial charge on any atom is -0.318 e. The molecule has 2 heterocycles. The molecule has 5 heteroatoms. The molecule has 0 N–H and O–H groups in total. The fraction of sp³-hybridized carbons (Fsp3) is 0.300. The summed E-state index contributed by atoms with van der Waals surface area (Å²) in [5.41, 5.74) is 0. The number of rotatable bonds is 4. The Balaban J connectivity index is 2.05. The van der Waals surface area contributed by atoms with Crippen LogP contribution in [0.1, 0.15) is 4.88 Å². The standard InChI is InChI=1S/C10H11N3S2/c1-2-5-13-9(11-12-10(13)14)7-8-4-3-6-15-8/h2-4,6,9H,1,5,7H2. The van der Waals surface area contributed by atoms with E-state index in [-0.39, 0.29) is 6.17 Å². The molecule has 1 aliphatic rings. The molecule has 1 aromatic rings. The lowest BCUT2D eigenvalue weighted by atomic mass is 10.2. The Bertz CT molecular complexity index is 383. The van der Waals surface area contributed by atoms with Gasteiger partial charge in [-0.25, -0.2) is 0 Å². The van der Waals surface area contributed by atoms with Crippen molar-refractivity contribution in [1.82, 2.24) is 4.90 Å². The molecule has 0 spiro atoms. The summed E-state index contributed by atoms with van der Waals surface area (Å²) in [4.78, 5) is 3.29. The number of thiocarbonyl (C=S) groups is 1. The van der Waals surface area contributed by atoms with Gasteiger partial charge in [0.1, 0.15) is 6.17 Å². The second-order valence-corrected chi connectivity index (χ2v) is 4.60. The van der Waals surface area contributed by atoms with Crippen molar-refractivity contribution in [2.45, 2.75) is 12.6 Å². The zero-order valence-electron chi connectivity index (χ0n) is 8.17. The predicted octanol–water partition coefficient (Wildman–Crippen LogP) is 2.86. The van der Waals surface area contributed by atoms with Crippen LogP contribution in [-0.4, -0.2) is 22.7 Å². The van der Waals surface area contributed by atoms with Crippen LogP contribution in [0.5, 0.6) is 0 Å². The van der Waals surface area contributed by atoms with Gasteiger partial charge < -0.3 is 4.90 Å². The zero-order chi connectivity index (χ0) is 10.7. The fourth-order valence-corrected chi connectivity index (χ4v) is 2.44. The van der Waals surface area contributed by atoms with E-state index in [2.05, 4.69) is 28.3 Å². The summed E-state index contributed by atoms with van der Waals surface area (Å²) in [7, 11) is 0. The average molecular weight is 237 g/mol. The number of thiophene rings is 1. The van der Waals surface area contributed by atoms with Crippen molar-refractivity contribution >= 4 is 28.7 Å². The average Bonchev–Trinajstić information content (AvgIpc) is 2.83. The van der Waals surface area contributed by atoms with E-state index in [9.17, 15) is 0 Å². The van der Waals surface area contributed by atoms with Gasteiger partial charge in [-0.15, -0.1) is 23.0 Å². The van der Waals surface area contributed by atoms with Crippen LogP contribution in [0.4, 0.5) is 0 Å². The molecule has 0 fully saturated rings. The molecular weight excluding hydrogens is 226 g/mol. The quantitative estimate of drug-likeness (QED) is 0.595. The lowest BCUT2D eigenvalue weighted by Gasteiger charge is -2.20. The molecule has 1 atom stereocenters. The van der Waals surface area contributed by atoms with E-state index in [4.69, 9.17) is 12.2 Å². The van der Waals surface area contributed by atoms with Crippen LogP contribution >= 0.6 is 23.6 Å². The van der Waals surface area contributed by atoms with E-state index in [1.54, 1.807) is 11.3 Å². The third kappa shape index (κ3) is 2.30. The second-order valence-electron chi connectivity index (χ2n) is 3.20. The van der Waals surface area contributed by atoms with E-state index in [1.807, 2.05) is 17.0 Å². The molecule has 0 saturated heterocycles. The van der Waals surface area contributed by atoms with Gasteiger partial charge in [0, 0.05) is 17.8 Å². The number of hydrogen-bond acceptors (Lipinski definition) is 3. The first-order chi connectivity index (χ1) is 7.31. The van der Waals surface area contributed by atoms with Gasteiger partial charge in [0.05, 0.1) is 0 Å². The molecule has 2 rings (SSSR count). The van der Waals surface area contributed by atoms with Gasteiger partial charge in [-0.1, -0.05) is 12.1 Å². The van der Waals surface area contributed by atoms with Crippen molar-refractivity contribution in [2.75, 3.05) is 6.54 Å². The van der Waals surface area contributed by atoms with E-state index in [0.717, 1.165) is 6.42 Å². The molecule has 78 valence electrons. The maximum atomic E-state index is 5.10. The summed E-state index contributed by atoms with van der Waals surface area (Å²) in [5, 5.41) is 10.7. The lowest BCUT2D eigenvalue weighted by molar-refractivity contribution is 0.369. The number of nitrogens with zero attached hydrogens (tertiary/aromatic N) is 3. The Morgan fingerprint density at radius 3 is 3.20 bits per heavy atom. The van der Waals surface area contributed by atoms with Crippen LogP contribution in [0.15, 0.2) is 40.4 Å². The van der Waals surface area contributed by atoms with Crippen molar-refractivity contribution in [1.29, 1.82) is 0 Å². The van der Waals surface area contributed by atoms with Crippen LogP contribution < -0.4 is 0 Å². The molecule has 0 saturated carbocycles. The van der Waals surface area contributed by atoms with Crippen molar-refractivity contribution in [2.24, 2.45) is 10.2 Å². The first kappa shape index (κ1) is 10.4. The minimum absolute atomic E-state index is 0.0501. The second kappa shape index (κ2) is 4.63. The summed E-state index contributed by atoms with van der Waals surface area (Å²) < 4.78 is 0. The van der Waals surface area contributed by atoms with Gasteiger partial charge in [0.25, 0.3) is 0 Å². The molecule has 0 aromatic carbocycles. The molecule has 0 bridgehead atoms. The normalized spacial score (nSPS) is 19.9. The molecular formula is C10H11N3S2. The largest absolute Gasteiger partial charge is 0.318 e. The van der Waals surface area contributed by atoms with E-state index in [1.165, 1.54) is 4.88 Å². The summed E-state index contributed by atoms with van der Waals surface area (Å²) in [5.74, 6) is 0. The lowest BCUT2D eigenvalue weighted by Crippen LogP contribution is -2.34. The molecule has 0 amide bonds. The third-order valence-corrected chi connectivity index (χ3v) is 3.39. The van der Waals surface area contributed by atoms with Crippen LogP contribution in [-0.2, 0) is 6.42 Å². The molecule has 0 aliphatic carbocycles. The minimum atomic E-state index is 0.0501. The van der Waals surface area contributed by atoms with Crippen LogP contribution in [0.2, 0.25) is 0 Å². The van der Waals surface area contributed by atoms with Crippen LogP contribution in [0.25, 0.3) is 0 Å². The van der Waals surface area contributed by atoms with Gasteiger partial charge in [0.15, 0.2) is 0 Å². The third-order valence-electron chi connectivity index (χ3n) is 2.17. The Kier molecular flexibility index (Phi) is 3.23. The molecule has 3 nitrogen and oxygen atoms in total. The first-order valence-electron chi connectivity index (χ1n) is 4.66. The fourth-order valence-electron chi connectivity index (χ4n) is 1.46. The molecule has 1 unspecified atom stereocenters. The molecule has 1 aliphatic heterocycles. The Morgan fingerprint density at radius 1 is 1.67 bits per heavy atom. The van der Waals surface area contributed by atoms with Gasteiger partial charge in [0.2, 0.25) is 5.11 Å². The van der Waals surface area contributed by atoms with E-state index < -0.39 is 0 Å². The molecule has 1 aromatic heterocycles. The number of azo groups is 1. The SMILES string of the molecule is C=CCN1C(=S)N=NC1Cc1cccs1. The van der Waals surface area contributed by atoms with Crippen molar-refractivity contribution < 1.29 is 0 Å². The zero-order valence-corrected chi connectivity index (χ0v) is 9.80. The smallest absolute Gasteiger partial charge is 0.218 e. The topological polar surface area (TPSA) is 28.0 Å². The molecule has 15 heavy (non-hydrogen) atoms. The highest BCUT2D eigenvalue weighted by Gasteiger charge is 2.25. The predicted molar refractivity (Wildman–Crippen MR) is 66.2 cm³/mol. The van der Waals surface area contributed by atoms with Gasteiger partial charge in [-0.3, -0.25) is 0 Å². The van der Waals surface area contributed by atoms with Gasteiger partial charge >= 0.3 is 0 Å². The van der Waals surface area contributed by atoms with Crippen molar-refractivity contribution in [3.63, 3.8) is 0 Å². The highest BCUT2D eigenvalue weighted by atomic mass is 32.1. The van der Waals surface area contributed by atoms with Crippen molar-refractivity contribution in [3.8, 4) is 0 Å². The van der Waals surface area contributed by atoms with Crippen molar-refractivity contribution in [3.05, 3.63) is 35.0 Å². The summed E-state index contributed by atoms with van der Waals surface area (Å²) in [6, 6.07) is 4.15. The van der Waals surface area contributed by atoms with E-state index in [0.29, 0.717) is 11.7 Å². The maximum absolute atomic E-state index is 5.10. The Morgan fingerprint density at radius 2 is 2.53 bits per heavy atom. The van der Waals surface area contributed by atoms with Crippen LogP contribution in [0.3, 0.4) is 0 Å². The highest BCUT2D eigenvalue weighted by molar-refractivity contribution is 7.80. The Labute approximate surface area is 98.1 Å². The monoisotopic (exact) mass is 237 g/mol.